The zero-order valence-corrected chi connectivity index (χ0v) is 15.1. The Morgan fingerprint density at radius 3 is 3.00 bits per heavy atom. The maximum absolute atomic E-state index is 12.5. The van der Waals surface area contributed by atoms with Gasteiger partial charge in [0, 0.05) is 19.3 Å². The van der Waals surface area contributed by atoms with Crippen molar-refractivity contribution in [1.29, 1.82) is 0 Å². The van der Waals surface area contributed by atoms with Crippen LogP contribution in [0, 0.1) is 12.8 Å². The van der Waals surface area contributed by atoms with Crippen molar-refractivity contribution >= 4 is 11.6 Å². The van der Waals surface area contributed by atoms with E-state index >= 15 is 0 Å². The summed E-state index contributed by atoms with van der Waals surface area (Å²) in [5.74, 6) is 0.422. The normalized spacial score (nSPS) is 25.7. The van der Waals surface area contributed by atoms with Gasteiger partial charge in [-0.25, -0.2) is 0 Å². The number of carbonyl (C=O) groups excluding carboxylic acids is 1. The molecule has 0 spiro atoms. The number of pyridine rings is 1. The van der Waals surface area contributed by atoms with E-state index < -0.39 is 0 Å². The first-order valence-corrected chi connectivity index (χ1v) is 9.32. The maximum Gasteiger partial charge on any atom is 0.253 e. The number of rotatable bonds is 4. The van der Waals surface area contributed by atoms with E-state index in [1.807, 2.05) is 12.1 Å². The van der Waals surface area contributed by atoms with Gasteiger partial charge in [-0.05, 0) is 55.5 Å². The lowest BCUT2D eigenvalue weighted by Gasteiger charge is -2.34. The van der Waals surface area contributed by atoms with Crippen molar-refractivity contribution in [1.82, 2.24) is 9.88 Å². The van der Waals surface area contributed by atoms with Crippen LogP contribution in [-0.4, -0.2) is 41.1 Å². The van der Waals surface area contributed by atoms with Crippen molar-refractivity contribution in [2.75, 3.05) is 18.4 Å². The minimum Gasteiger partial charge on any atom is -0.364 e. The Morgan fingerprint density at radius 2 is 2.19 bits per heavy atom. The summed E-state index contributed by atoms with van der Waals surface area (Å²) in [6, 6.07) is 12.2. The van der Waals surface area contributed by atoms with Crippen LogP contribution in [0.2, 0.25) is 0 Å². The van der Waals surface area contributed by atoms with E-state index in [2.05, 4.69) is 46.4 Å². The van der Waals surface area contributed by atoms with Gasteiger partial charge in [0.2, 0.25) is 0 Å². The van der Waals surface area contributed by atoms with Crippen molar-refractivity contribution in [3.63, 3.8) is 0 Å². The third-order valence-electron chi connectivity index (χ3n) is 5.51. The fraction of sp³-hybridized carbons (Fsp3) is 0.429. The van der Waals surface area contributed by atoms with Gasteiger partial charge in [-0.2, -0.15) is 0 Å². The molecule has 2 aliphatic rings. The summed E-state index contributed by atoms with van der Waals surface area (Å²) >= 11 is 0. The Morgan fingerprint density at radius 1 is 1.31 bits per heavy atom. The molecule has 2 aliphatic heterocycles. The average Bonchev–Trinajstić information content (AvgIpc) is 3.08. The van der Waals surface area contributed by atoms with Gasteiger partial charge >= 0.3 is 0 Å². The number of ether oxygens (including phenoxy) is 1. The summed E-state index contributed by atoms with van der Waals surface area (Å²) < 4.78 is 6.12. The summed E-state index contributed by atoms with van der Waals surface area (Å²) in [5, 5.41) is 2.91. The van der Waals surface area contributed by atoms with Gasteiger partial charge in [-0.1, -0.05) is 24.3 Å². The molecule has 136 valence electrons. The Bertz CT molecular complexity index is 765. The fourth-order valence-electron chi connectivity index (χ4n) is 3.99. The molecule has 0 aliphatic carbocycles. The number of hydrogen-bond acceptors (Lipinski definition) is 4. The lowest BCUT2D eigenvalue weighted by Crippen LogP contribution is -2.42. The molecule has 2 saturated heterocycles. The Balaban J connectivity index is 1.34. The van der Waals surface area contributed by atoms with Crippen molar-refractivity contribution in [3.8, 4) is 0 Å². The maximum atomic E-state index is 12.5. The summed E-state index contributed by atoms with van der Waals surface area (Å²) in [6.07, 6.45) is 5.05. The highest BCUT2D eigenvalue weighted by Crippen LogP contribution is 2.34. The number of likely N-dealkylation sites (tertiary alicyclic amines) is 1. The highest BCUT2D eigenvalue weighted by atomic mass is 16.5. The molecule has 0 unspecified atom stereocenters. The van der Waals surface area contributed by atoms with Gasteiger partial charge in [0.1, 0.15) is 6.10 Å². The summed E-state index contributed by atoms with van der Waals surface area (Å²) in [7, 11) is 0. The Labute approximate surface area is 154 Å². The molecular weight excluding hydrogens is 326 g/mol. The second-order valence-corrected chi connectivity index (χ2v) is 7.34. The molecule has 0 saturated carbocycles. The number of piperidine rings is 1. The number of benzene rings is 1. The first-order chi connectivity index (χ1) is 12.7. The quantitative estimate of drug-likeness (QED) is 0.920. The molecule has 4 rings (SSSR count). The molecule has 1 aromatic carbocycles. The van der Waals surface area contributed by atoms with E-state index in [9.17, 15) is 4.79 Å². The van der Waals surface area contributed by atoms with Gasteiger partial charge in [-0.3, -0.25) is 14.7 Å². The highest BCUT2D eigenvalue weighted by Gasteiger charge is 2.41. The largest absolute Gasteiger partial charge is 0.364 e. The summed E-state index contributed by atoms with van der Waals surface area (Å²) in [4.78, 5) is 19.0. The number of hydrogen-bond donors (Lipinski definition) is 1. The van der Waals surface area contributed by atoms with E-state index in [4.69, 9.17) is 4.74 Å². The van der Waals surface area contributed by atoms with Gasteiger partial charge < -0.3 is 10.1 Å². The molecular formula is C21H25N3O2. The molecule has 1 amide bonds. The Hall–Kier alpha value is -2.24. The number of aryl methyl sites for hydroxylation is 1. The first kappa shape index (κ1) is 17.2. The predicted octanol–water partition coefficient (Wildman–Crippen LogP) is 3.01. The number of nitrogens with one attached hydrogen (secondary N) is 1. The van der Waals surface area contributed by atoms with Crippen LogP contribution in [0.4, 0.5) is 5.69 Å². The van der Waals surface area contributed by atoms with Crippen LogP contribution in [0.5, 0.6) is 0 Å². The zero-order chi connectivity index (χ0) is 17.9. The average molecular weight is 351 g/mol. The zero-order valence-electron chi connectivity index (χ0n) is 15.1. The van der Waals surface area contributed by atoms with E-state index in [-0.39, 0.29) is 18.1 Å². The van der Waals surface area contributed by atoms with Crippen molar-refractivity contribution in [2.45, 2.75) is 38.5 Å². The third-order valence-corrected chi connectivity index (χ3v) is 5.51. The number of anilines is 1. The van der Waals surface area contributed by atoms with E-state index in [0.717, 1.165) is 38.2 Å². The van der Waals surface area contributed by atoms with Crippen molar-refractivity contribution in [3.05, 3.63) is 59.9 Å². The number of amides is 1. The van der Waals surface area contributed by atoms with Crippen LogP contribution in [0.3, 0.4) is 0 Å². The number of nitrogens with zero attached hydrogens (tertiary/aromatic N) is 2. The van der Waals surface area contributed by atoms with Crippen LogP contribution in [0.1, 0.15) is 24.0 Å². The van der Waals surface area contributed by atoms with E-state index in [1.54, 1.807) is 12.4 Å². The molecule has 0 bridgehead atoms. The lowest BCUT2D eigenvalue weighted by atomic mass is 9.91. The topological polar surface area (TPSA) is 54.5 Å². The standard InChI is InChI=1S/C21H25N3O2/c1-15-5-2-3-6-17(15)13-24-10-8-16-11-19(26-20(16)14-24)21(25)23-18-7-4-9-22-12-18/h2-7,9,12,16,19-20H,8,10-11,13-14H2,1H3,(H,23,25)/t16-,19+,20+/m1/s1. The number of fused-ring (bicyclic) bond motifs is 1. The molecule has 1 aromatic heterocycles. The van der Waals surface area contributed by atoms with E-state index in [0.29, 0.717) is 5.92 Å². The monoisotopic (exact) mass is 351 g/mol. The molecule has 5 heteroatoms. The lowest BCUT2D eigenvalue weighted by molar-refractivity contribution is -0.127. The fourth-order valence-corrected chi connectivity index (χ4v) is 3.99. The van der Waals surface area contributed by atoms with E-state index in [1.165, 1.54) is 11.1 Å². The molecule has 3 atom stereocenters. The van der Waals surface area contributed by atoms with Crippen molar-refractivity contribution in [2.24, 2.45) is 5.92 Å². The second-order valence-electron chi connectivity index (χ2n) is 7.34. The number of aromatic nitrogens is 1. The molecule has 0 radical (unpaired) electrons. The van der Waals surface area contributed by atoms with Crippen LogP contribution in [0.25, 0.3) is 0 Å². The molecule has 5 nitrogen and oxygen atoms in total. The third kappa shape index (κ3) is 3.79. The predicted molar refractivity (Wildman–Crippen MR) is 101 cm³/mol. The summed E-state index contributed by atoms with van der Waals surface area (Å²) in [5.41, 5.74) is 3.42. The van der Waals surface area contributed by atoms with Gasteiger partial charge in [0.15, 0.2) is 0 Å². The van der Waals surface area contributed by atoms with Crippen LogP contribution < -0.4 is 5.32 Å². The molecule has 3 heterocycles. The van der Waals surface area contributed by atoms with Gasteiger partial charge in [0.05, 0.1) is 18.0 Å². The second kappa shape index (κ2) is 7.56. The first-order valence-electron chi connectivity index (χ1n) is 9.32. The highest BCUT2D eigenvalue weighted by molar-refractivity contribution is 5.94. The van der Waals surface area contributed by atoms with Crippen molar-refractivity contribution < 1.29 is 9.53 Å². The van der Waals surface area contributed by atoms with Crippen LogP contribution in [0.15, 0.2) is 48.8 Å². The molecule has 2 aromatic rings. The van der Waals surface area contributed by atoms with Crippen LogP contribution >= 0.6 is 0 Å². The molecule has 26 heavy (non-hydrogen) atoms. The summed E-state index contributed by atoms with van der Waals surface area (Å²) in [6.45, 7) is 5.07. The Kier molecular flexibility index (Phi) is 5.00. The number of carbonyl (C=O) groups is 1. The van der Waals surface area contributed by atoms with Crippen LogP contribution in [-0.2, 0) is 16.1 Å². The van der Waals surface area contributed by atoms with Gasteiger partial charge in [0.25, 0.3) is 5.91 Å². The minimum absolute atomic E-state index is 0.0575. The minimum atomic E-state index is -0.358. The molecule has 2 fully saturated rings. The molecule has 1 N–H and O–H groups in total. The van der Waals surface area contributed by atoms with Gasteiger partial charge in [-0.15, -0.1) is 0 Å². The smallest absolute Gasteiger partial charge is 0.253 e. The SMILES string of the molecule is Cc1ccccc1CN1CC[C@@H]2C[C@@H](C(=O)Nc3cccnc3)O[C@H]2C1.